The summed E-state index contributed by atoms with van der Waals surface area (Å²) >= 11 is 6.00. The molecule has 4 heteroatoms. The second-order valence-corrected chi connectivity index (χ2v) is 4.99. The fourth-order valence-electron chi connectivity index (χ4n) is 2.33. The summed E-state index contributed by atoms with van der Waals surface area (Å²) in [6, 6.07) is 11.6. The molecule has 2 nitrogen and oxygen atoms in total. The van der Waals surface area contributed by atoms with Crippen molar-refractivity contribution in [2.45, 2.75) is 18.6 Å². The van der Waals surface area contributed by atoms with E-state index in [4.69, 9.17) is 16.3 Å². The molecule has 1 aliphatic heterocycles. The average Bonchev–Trinajstić information content (AvgIpc) is 2.84. The van der Waals surface area contributed by atoms with Gasteiger partial charge in [-0.3, -0.25) is 0 Å². The first-order valence-corrected chi connectivity index (χ1v) is 6.40. The zero-order chi connectivity index (χ0) is 13.4. The Labute approximate surface area is 115 Å². The van der Waals surface area contributed by atoms with E-state index in [1.54, 1.807) is 0 Å². The number of aliphatic hydroxyl groups excluding tert-OH is 1. The van der Waals surface area contributed by atoms with Crippen LogP contribution in [0.15, 0.2) is 42.5 Å². The van der Waals surface area contributed by atoms with Crippen molar-refractivity contribution < 1.29 is 14.2 Å². The Kier molecular flexibility index (Phi) is 3.17. The third kappa shape index (κ3) is 2.31. The van der Waals surface area contributed by atoms with Crippen molar-refractivity contribution in [2.24, 2.45) is 0 Å². The van der Waals surface area contributed by atoms with Crippen molar-refractivity contribution in [1.29, 1.82) is 0 Å². The summed E-state index contributed by atoms with van der Waals surface area (Å²) in [5, 5.41) is 10.7. The number of benzene rings is 2. The van der Waals surface area contributed by atoms with E-state index < -0.39 is 18.0 Å². The van der Waals surface area contributed by atoms with Crippen molar-refractivity contribution in [3.63, 3.8) is 0 Å². The standard InChI is InChI=1S/C15H12ClFO2/c16-12-6-5-10(17)8-11(12)15(18)14-7-9-3-1-2-4-13(9)19-14/h1-6,8,14-15,18H,7H2. The Morgan fingerprint density at radius 3 is 2.84 bits per heavy atom. The molecule has 0 amide bonds. The molecule has 19 heavy (non-hydrogen) atoms. The number of fused-ring (bicyclic) bond motifs is 1. The maximum absolute atomic E-state index is 13.2. The van der Waals surface area contributed by atoms with Gasteiger partial charge in [-0.1, -0.05) is 29.8 Å². The van der Waals surface area contributed by atoms with Gasteiger partial charge in [0, 0.05) is 17.0 Å². The van der Waals surface area contributed by atoms with Crippen LogP contribution in [0.25, 0.3) is 0 Å². The molecule has 2 atom stereocenters. The minimum absolute atomic E-state index is 0.341. The van der Waals surface area contributed by atoms with Gasteiger partial charge < -0.3 is 9.84 Å². The fourth-order valence-corrected chi connectivity index (χ4v) is 2.56. The molecule has 1 heterocycles. The van der Waals surface area contributed by atoms with Crippen LogP contribution < -0.4 is 4.74 Å². The van der Waals surface area contributed by atoms with Gasteiger partial charge in [-0.05, 0) is 29.8 Å². The van der Waals surface area contributed by atoms with Crippen molar-refractivity contribution >= 4 is 11.6 Å². The highest BCUT2D eigenvalue weighted by atomic mass is 35.5. The zero-order valence-corrected chi connectivity index (χ0v) is 10.8. The van der Waals surface area contributed by atoms with E-state index in [0.717, 1.165) is 11.3 Å². The maximum Gasteiger partial charge on any atom is 0.133 e. The highest BCUT2D eigenvalue weighted by Crippen LogP contribution is 2.36. The van der Waals surface area contributed by atoms with Crippen LogP contribution >= 0.6 is 11.6 Å². The highest BCUT2D eigenvalue weighted by Gasteiger charge is 2.31. The summed E-state index contributed by atoms with van der Waals surface area (Å²) in [5.74, 6) is 0.341. The molecule has 3 rings (SSSR count). The number of para-hydroxylation sites is 1. The maximum atomic E-state index is 13.2. The summed E-state index contributed by atoms with van der Waals surface area (Å²) in [6.45, 7) is 0. The Morgan fingerprint density at radius 1 is 1.26 bits per heavy atom. The topological polar surface area (TPSA) is 29.5 Å². The molecule has 1 N–H and O–H groups in total. The van der Waals surface area contributed by atoms with Gasteiger partial charge in [-0.2, -0.15) is 0 Å². The van der Waals surface area contributed by atoms with E-state index in [1.807, 2.05) is 24.3 Å². The molecule has 2 aromatic carbocycles. The first-order valence-electron chi connectivity index (χ1n) is 6.03. The van der Waals surface area contributed by atoms with Gasteiger partial charge in [0.05, 0.1) is 0 Å². The first kappa shape index (κ1) is 12.5. The van der Waals surface area contributed by atoms with Crippen LogP contribution in [0.5, 0.6) is 5.75 Å². The normalized spacial score (nSPS) is 18.8. The molecule has 2 aromatic rings. The third-order valence-electron chi connectivity index (χ3n) is 3.30. The van der Waals surface area contributed by atoms with Gasteiger partial charge in [0.2, 0.25) is 0 Å². The van der Waals surface area contributed by atoms with Crippen LogP contribution in [-0.2, 0) is 6.42 Å². The fraction of sp³-hybridized carbons (Fsp3) is 0.200. The number of halogens is 2. The van der Waals surface area contributed by atoms with Gasteiger partial charge >= 0.3 is 0 Å². The molecule has 0 radical (unpaired) electrons. The molecule has 1 aliphatic rings. The lowest BCUT2D eigenvalue weighted by Crippen LogP contribution is -2.23. The highest BCUT2D eigenvalue weighted by molar-refractivity contribution is 6.31. The molecule has 0 fully saturated rings. The lowest BCUT2D eigenvalue weighted by molar-refractivity contribution is 0.0491. The molecule has 98 valence electrons. The number of ether oxygens (including phenoxy) is 1. The monoisotopic (exact) mass is 278 g/mol. The third-order valence-corrected chi connectivity index (χ3v) is 3.65. The predicted molar refractivity (Wildman–Crippen MR) is 70.9 cm³/mol. The van der Waals surface area contributed by atoms with Gasteiger partial charge in [0.15, 0.2) is 0 Å². The van der Waals surface area contributed by atoms with Crippen LogP contribution in [0.3, 0.4) is 0 Å². The molecule has 0 saturated heterocycles. The minimum Gasteiger partial charge on any atom is -0.487 e. The van der Waals surface area contributed by atoms with Crippen molar-refractivity contribution in [3.8, 4) is 5.75 Å². The van der Waals surface area contributed by atoms with Crippen molar-refractivity contribution in [2.75, 3.05) is 0 Å². The molecular weight excluding hydrogens is 267 g/mol. The average molecular weight is 279 g/mol. The lowest BCUT2D eigenvalue weighted by atomic mass is 10.00. The van der Waals surface area contributed by atoms with E-state index in [1.165, 1.54) is 18.2 Å². The van der Waals surface area contributed by atoms with Crippen LogP contribution in [0.4, 0.5) is 4.39 Å². The smallest absolute Gasteiger partial charge is 0.133 e. The number of rotatable bonds is 2. The van der Waals surface area contributed by atoms with Gasteiger partial charge in [0.1, 0.15) is 23.8 Å². The summed E-state index contributed by atoms with van der Waals surface area (Å²) in [5.41, 5.74) is 1.40. The molecule has 2 unspecified atom stereocenters. The summed E-state index contributed by atoms with van der Waals surface area (Å²) in [4.78, 5) is 0. The van der Waals surface area contributed by atoms with E-state index >= 15 is 0 Å². The lowest BCUT2D eigenvalue weighted by Gasteiger charge is -2.19. The Morgan fingerprint density at radius 2 is 2.05 bits per heavy atom. The van der Waals surface area contributed by atoms with Crippen LogP contribution in [-0.4, -0.2) is 11.2 Å². The second-order valence-electron chi connectivity index (χ2n) is 4.58. The van der Waals surface area contributed by atoms with Crippen LogP contribution in [0.1, 0.15) is 17.2 Å². The number of aliphatic hydroxyl groups is 1. The molecular formula is C15H12ClFO2. The van der Waals surface area contributed by atoms with E-state index in [-0.39, 0.29) is 0 Å². The van der Waals surface area contributed by atoms with E-state index in [9.17, 15) is 9.50 Å². The number of hydrogen-bond donors (Lipinski definition) is 1. The SMILES string of the molecule is OC(c1cc(F)ccc1Cl)C1Cc2ccccc2O1. The van der Waals surface area contributed by atoms with E-state index in [0.29, 0.717) is 17.0 Å². The van der Waals surface area contributed by atoms with Crippen molar-refractivity contribution in [3.05, 3.63) is 64.4 Å². The Hall–Kier alpha value is -1.58. The zero-order valence-electron chi connectivity index (χ0n) is 10.0. The molecule has 0 aliphatic carbocycles. The predicted octanol–water partition coefficient (Wildman–Crippen LogP) is 3.52. The summed E-state index contributed by atoms with van der Waals surface area (Å²) < 4.78 is 18.9. The minimum atomic E-state index is -0.949. The summed E-state index contributed by atoms with van der Waals surface area (Å²) in [7, 11) is 0. The second kappa shape index (κ2) is 4.83. The largest absolute Gasteiger partial charge is 0.487 e. The van der Waals surface area contributed by atoms with E-state index in [2.05, 4.69) is 0 Å². The van der Waals surface area contributed by atoms with Crippen LogP contribution in [0.2, 0.25) is 5.02 Å². The first-order chi connectivity index (χ1) is 9.15. The molecule has 0 spiro atoms. The molecule has 0 bridgehead atoms. The summed E-state index contributed by atoms with van der Waals surface area (Å²) in [6.07, 6.45) is -0.795. The number of hydrogen-bond acceptors (Lipinski definition) is 2. The molecule has 0 aromatic heterocycles. The van der Waals surface area contributed by atoms with Crippen molar-refractivity contribution in [1.82, 2.24) is 0 Å². The Balaban J connectivity index is 1.87. The Bertz CT molecular complexity index is 590. The van der Waals surface area contributed by atoms with Crippen LogP contribution in [0, 0.1) is 5.82 Å². The van der Waals surface area contributed by atoms with Gasteiger partial charge in [-0.15, -0.1) is 0 Å². The van der Waals surface area contributed by atoms with Gasteiger partial charge in [0.25, 0.3) is 0 Å². The molecule has 0 saturated carbocycles. The van der Waals surface area contributed by atoms with Gasteiger partial charge in [-0.25, -0.2) is 4.39 Å². The quantitative estimate of drug-likeness (QED) is 0.911.